The van der Waals surface area contributed by atoms with E-state index < -0.39 is 11.8 Å². The molecule has 1 aromatic heterocycles. The average molecular weight is 368 g/mol. The monoisotopic (exact) mass is 368 g/mol. The smallest absolute Gasteiger partial charge is 0.336 e. The molecule has 27 heavy (non-hydrogen) atoms. The van der Waals surface area contributed by atoms with Gasteiger partial charge in [0.05, 0.1) is 11.1 Å². The fraction of sp³-hybridized carbons (Fsp3) is 0.286. The minimum Gasteiger partial charge on any atom is -0.478 e. The normalized spacial score (nSPS) is 11.1. The van der Waals surface area contributed by atoms with Gasteiger partial charge in [0.15, 0.2) is 0 Å². The summed E-state index contributed by atoms with van der Waals surface area (Å²) in [5.41, 5.74) is 5.68. The summed E-state index contributed by atoms with van der Waals surface area (Å²) in [5.74, 6) is -1.11. The Kier molecular flexibility index (Phi) is 4.59. The van der Waals surface area contributed by atoms with Crippen molar-refractivity contribution in [1.82, 2.24) is 10.1 Å². The van der Waals surface area contributed by atoms with Crippen LogP contribution < -0.4 is 0 Å². The zero-order valence-corrected chi connectivity index (χ0v) is 16.2. The van der Waals surface area contributed by atoms with E-state index in [2.05, 4.69) is 10.1 Å². The number of carboxylic acids is 1. The topological polar surface area (TPSA) is 76.2 Å². The first-order chi connectivity index (χ1) is 12.6. The van der Waals surface area contributed by atoms with Crippen LogP contribution in [-0.4, -0.2) is 21.2 Å². The lowest BCUT2D eigenvalue weighted by Crippen LogP contribution is -2.06. The van der Waals surface area contributed by atoms with Crippen LogP contribution in [0.3, 0.4) is 0 Å². The Hall–Kier alpha value is -3.02. The molecule has 3 aromatic rings. The second-order valence-corrected chi connectivity index (χ2v) is 6.89. The summed E-state index contributed by atoms with van der Waals surface area (Å²) in [4.78, 5) is 16.0. The zero-order chi connectivity index (χ0) is 20.0. The van der Waals surface area contributed by atoms with Gasteiger partial charge in [0.2, 0.25) is 5.82 Å². The molecule has 0 spiro atoms. The number of rotatable bonds is 3. The third-order valence-corrected chi connectivity index (χ3v) is 5.31. The molecule has 0 radical (unpaired) electrons. The molecule has 0 saturated heterocycles. The maximum atomic E-state index is 14.5. The maximum Gasteiger partial charge on any atom is 0.336 e. The van der Waals surface area contributed by atoms with Crippen molar-refractivity contribution in [2.75, 3.05) is 0 Å². The highest BCUT2D eigenvalue weighted by atomic mass is 19.1. The first kappa shape index (κ1) is 18.8. The molecule has 0 saturated carbocycles. The minimum atomic E-state index is -1.00. The van der Waals surface area contributed by atoms with Gasteiger partial charge in [-0.15, -0.1) is 0 Å². The van der Waals surface area contributed by atoms with Crippen molar-refractivity contribution < 1.29 is 18.8 Å². The molecule has 0 fully saturated rings. The van der Waals surface area contributed by atoms with Crippen LogP contribution in [0.25, 0.3) is 22.8 Å². The highest BCUT2D eigenvalue weighted by Crippen LogP contribution is 2.33. The van der Waals surface area contributed by atoms with Crippen molar-refractivity contribution in [3.8, 4) is 22.8 Å². The van der Waals surface area contributed by atoms with E-state index in [-0.39, 0.29) is 22.8 Å². The lowest BCUT2D eigenvalue weighted by molar-refractivity contribution is 0.0695. The van der Waals surface area contributed by atoms with Crippen molar-refractivity contribution in [1.29, 1.82) is 0 Å². The molecular weight excluding hydrogens is 347 g/mol. The lowest BCUT2D eigenvalue weighted by atomic mass is 9.93. The molecule has 1 N–H and O–H groups in total. The molecule has 0 atom stereocenters. The lowest BCUT2D eigenvalue weighted by Gasteiger charge is -2.12. The fourth-order valence-corrected chi connectivity index (χ4v) is 3.33. The first-order valence-corrected chi connectivity index (χ1v) is 8.58. The Morgan fingerprint density at radius 2 is 1.59 bits per heavy atom. The van der Waals surface area contributed by atoms with Crippen LogP contribution in [0.2, 0.25) is 0 Å². The van der Waals surface area contributed by atoms with Crippen LogP contribution in [0.5, 0.6) is 0 Å². The van der Waals surface area contributed by atoms with Gasteiger partial charge in [-0.3, -0.25) is 0 Å². The molecule has 0 aliphatic heterocycles. The Balaban J connectivity index is 2.19. The van der Waals surface area contributed by atoms with Crippen molar-refractivity contribution in [2.45, 2.75) is 41.5 Å². The molecule has 3 rings (SSSR count). The van der Waals surface area contributed by atoms with Crippen molar-refractivity contribution in [3.63, 3.8) is 0 Å². The van der Waals surface area contributed by atoms with Gasteiger partial charge in [-0.2, -0.15) is 4.98 Å². The predicted molar refractivity (Wildman–Crippen MR) is 101 cm³/mol. The predicted octanol–water partition coefficient (Wildman–Crippen LogP) is 5.09. The number of nitrogens with zero attached hydrogens (tertiary/aromatic N) is 2. The molecular formula is C21H21FN2O3. The average Bonchev–Trinajstić information content (AvgIpc) is 3.05. The summed E-state index contributed by atoms with van der Waals surface area (Å²) in [5, 5.41) is 13.5. The van der Waals surface area contributed by atoms with Gasteiger partial charge in [0.1, 0.15) is 5.82 Å². The standard InChI is InChI=1S/C21H21FN2O3/c1-9-7-15(14(6)17(12(9)4)21(25)26)19-23-20(27-24-19)18-13(5)11(3)10(2)8-16(18)22/h7-8H,1-6H3,(H,25,26). The van der Waals surface area contributed by atoms with Crippen molar-refractivity contribution in [2.24, 2.45) is 0 Å². The van der Waals surface area contributed by atoms with Gasteiger partial charge < -0.3 is 9.63 Å². The van der Waals surface area contributed by atoms with Crippen LogP contribution >= 0.6 is 0 Å². The van der Waals surface area contributed by atoms with Gasteiger partial charge >= 0.3 is 5.97 Å². The number of carbonyl (C=O) groups is 1. The highest BCUT2D eigenvalue weighted by molar-refractivity contribution is 5.94. The summed E-state index contributed by atoms with van der Waals surface area (Å²) in [6.07, 6.45) is 0. The van der Waals surface area contributed by atoms with Crippen LogP contribution in [0.1, 0.15) is 43.7 Å². The summed E-state index contributed by atoms with van der Waals surface area (Å²) < 4.78 is 19.9. The van der Waals surface area contributed by atoms with Crippen LogP contribution in [0.15, 0.2) is 16.7 Å². The summed E-state index contributed by atoms with van der Waals surface area (Å²) in [7, 11) is 0. The number of carboxylic acid groups (broad SMARTS) is 1. The molecule has 140 valence electrons. The Morgan fingerprint density at radius 3 is 2.22 bits per heavy atom. The summed E-state index contributed by atoms with van der Waals surface area (Å²) in [6, 6.07) is 3.28. The largest absolute Gasteiger partial charge is 0.478 e. The Bertz CT molecular complexity index is 1080. The second-order valence-electron chi connectivity index (χ2n) is 6.89. The number of aromatic nitrogens is 2. The molecule has 0 aliphatic rings. The van der Waals surface area contributed by atoms with Gasteiger partial charge in [-0.25, -0.2) is 9.18 Å². The quantitative estimate of drug-likeness (QED) is 0.697. The number of benzene rings is 2. The number of aromatic carboxylic acids is 1. The van der Waals surface area contributed by atoms with Gasteiger partial charge in [0, 0.05) is 5.56 Å². The van der Waals surface area contributed by atoms with E-state index in [0.717, 1.165) is 22.3 Å². The van der Waals surface area contributed by atoms with E-state index in [1.165, 1.54) is 6.07 Å². The third-order valence-electron chi connectivity index (χ3n) is 5.31. The van der Waals surface area contributed by atoms with Gasteiger partial charge in [-0.1, -0.05) is 5.16 Å². The van der Waals surface area contributed by atoms with E-state index >= 15 is 0 Å². The summed E-state index contributed by atoms with van der Waals surface area (Å²) >= 11 is 0. The Morgan fingerprint density at radius 1 is 0.963 bits per heavy atom. The number of aryl methyl sites for hydroxylation is 2. The number of halogens is 1. The molecule has 5 nitrogen and oxygen atoms in total. The molecule has 6 heteroatoms. The minimum absolute atomic E-state index is 0.0811. The number of hydrogen-bond acceptors (Lipinski definition) is 4. The number of hydrogen-bond donors (Lipinski definition) is 1. The fourth-order valence-electron chi connectivity index (χ4n) is 3.33. The van der Waals surface area contributed by atoms with E-state index in [9.17, 15) is 14.3 Å². The van der Waals surface area contributed by atoms with Crippen LogP contribution in [0, 0.1) is 47.4 Å². The molecule has 0 aliphatic carbocycles. The van der Waals surface area contributed by atoms with E-state index in [0.29, 0.717) is 16.7 Å². The van der Waals surface area contributed by atoms with Crippen LogP contribution in [0.4, 0.5) is 4.39 Å². The second kappa shape index (κ2) is 6.61. The molecule has 0 bridgehead atoms. The first-order valence-electron chi connectivity index (χ1n) is 8.58. The van der Waals surface area contributed by atoms with E-state index in [4.69, 9.17) is 4.52 Å². The van der Waals surface area contributed by atoms with E-state index in [1.807, 2.05) is 33.8 Å². The van der Waals surface area contributed by atoms with Crippen LogP contribution in [-0.2, 0) is 0 Å². The molecule has 2 aromatic carbocycles. The third kappa shape index (κ3) is 3.01. The zero-order valence-electron chi connectivity index (χ0n) is 16.2. The molecule has 0 amide bonds. The maximum absolute atomic E-state index is 14.5. The van der Waals surface area contributed by atoms with E-state index in [1.54, 1.807) is 13.8 Å². The molecule has 1 heterocycles. The Labute approximate surface area is 156 Å². The molecule has 0 unspecified atom stereocenters. The SMILES string of the molecule is Cc1cc(F)c(-c2nc(-c3cc(C)c(C)c(C(=O)O)c3C)no2)c(C)c1C. The van der Waals surface area contributed by atoms with Gasteiger partial charge in [-0.05, 0) is 87.1 Å². The summed E-state index contributed by atoms with van der Waals surface area (Å²) in [6.45, 7) is 10.9. The highest BCUT2D eigenvalue weighted by Gasteiger charge is 2.23. The van der Waals surface area contributed by atoms with Crippen molar-refractivity contribution in [3.05, 3.63) is 56.9 Å². The van der Waals surface area contributed by atoms with Gasteiger partial charge in [0.25, 0.3) is 5.89 Å². The van der Waals surface area contributed by atoms with Crippen molar-refractivity contribution >= 4 is 5.97 Å².